The van der Waals surface area contributed by atoms with Crippen LogP contribution in [-0.4, -0.2) is 5.97 Å². The maximum absolute atomic E-state index is 11.6. The number of ether oxygens (including phenoxy) is 1. The molecule has 2 nitrogen and oxygen atoms in total. The van der Waals surface area contributed by atoms with E-state index >= 15 is 0 Å². The summed E-state index contributed by atoms with van der Waals surface area (Å²) in [6.07, 6.45) is 3.00. The normalized spacial score (nSPS) is 11.4. The van der Waals surface area contributed by atoms with Crippen molar-refractivity contribution in [2.45, 2.75) is 39.0 Å². The average Bonchev–Trinajstić information content (AvgIpc) is 2.63. The first-order chi connectivity index (χ1) is 12.7. The van der Waals surface area contributed by atoms with Crippen molar-refractivity contribution >= 4 is 69.7 Å². The van der Waals surface area contributed by atoms with Crippen LogP contribution in [0.25, 0.3) is 0 Å². The molecule has 27 heavy (non-hydrogen) atoms. The second kappa shape index (κ2) is 9.38. The molecule has 0 amide bonds. The van der Waals surface area contributed by atoms with Crippen molar-refractivity contribution in [1.82, 2.24) is 0 Å². The Balaban J connectivity index is 2.67. The van der Waals surface area contributed by atoms with Crippen LogP contribution in [0.15, 0.2) is 54.8 Å². The van der Waals surface area contributed by atoms with Crippen molar-refractivity contribution in [3.05, 3.63) is 71.5 Å². The second-order valence-electron chi connectivity index (χ2n) is 6.25. The first-order valence-electron chi connectivity index (χ1n) is 8.50. The van der Waals surface area contributed by atoms with Gasteiger partial charge in [-0.2, -0.15) is 0 Å². The Morgan fingerprint density at radius 3 is 1.74 bits per heavy atom. The standard InChI is InChI=1S/C21H20Br4O2/c1-5-19(26)27-20-17(24)10-14(11-18(20)25)21(6-2,7-3)13-8-15(22)12(4)16(23)9-13/h5,8-11H,1,6-7H2,2-4H3. The Morgan fingerprint density at radius 1 is 0.963 bits per heavy atom. The number of carbonyl (C=O) groups is 1. The van der Waals surface area contributed by atoms with Crippen molar-refractivity contribution in [3.63, 3.8) is 0 Å². The molecule has 0 radical (unpaired) electrons. The predicted octanol–water partition coefficient (Wildman–Crippen LogP) is 8.24. The Labute approximate surface area is 194 Å². The average molecular weight is 624 g/mol. The lowest BCUT2D eigenvalue weighted by atomic mass is 9.70. The molecular weight excluding hydrogens is 604 g/mol. The molecule has 0 saturated carbocycles. The zero-order chi connectivity index (χ0) is 20.4. The molecule has 144 valence electrons. The minimum atomic E-state index is -0.493. The van der Waals surface area contributed by atoms with Crippen LogP contribution >= 0.6 is 63.7 Å². The van der Waals surface area contributed by atoms with Crippen LogP contribution in [0.3, 0.4) is 0 Å². The van der Waals surface area contributed by atoms with E-state index in [-0.39, 0.29) is 5.41 Å². The number of hydrogen-bond acceptors (Lipinski definition) is 2. The fourth-order valence-electron chi connectivity index (χ4n) is 3.23. The molecule has 6 heteroatoms. The summed E-state index contributed by atoms with van der Waals surface area (Å²) in [6, 6.07) is 8.46. The van der Waals surface area contributed by atoms with E-state index in [1.54, 1.807) is 0 Å². The number of halogens is 4. The number of benzene rings is 2. The Morgan fingerprint density at radius 2 is 1.37 bits per heavy atom. The van der Waals surface area contributed by atoms with E-state index in [1.165, 1.54) is 11.1 Å². The van der Waals surface area contributed by atoms with Crippen LogP contribution < -0.4 is 4.74 Å². The van der Waals surface area contributed by atoms with E-state index in [0.29, 0.717) is 5.75 Å². The van der Waals surface area contributed by atoms with Crippen molar-refractivity contribution in [3.8, 4) is 5.75 Å². The van der Waals surface area contributed by atoms with Gasteiger partial charge in [0.05, 0.1) is 8.95 Å². The quantitative estimate of drug-likeness (QED) is 0.184. The molecule has 0 aliphatic heterocycles. The molecule has 2 aromatic rings. The summed E-state index contributed by atoms with van der Waals surface area (Å²) in [4.78, 5) is 11.6. The molecule has 0 saturated heterocycles. The first-order valence-corrected chi connectivity index (χ1v) is 11.7. The largest absolute Gasteiger partial charge is 0.421 e. The summed E-state index contributed by atoms with van der Waals surface area (Å²) < 4.78 is 8.95. The summed E-state index contributed by atoms with van der Waals surface area (Å²) in [6.45, 7) is 9.91. The maximum atomic E-state index is 11.6. The lowest BCUT2D eigenvalue weighted by molar-refractivity contribution is -0.129. The third kappa shape index (κ3) is 4.60. The van der Waals surface area contributed by atoms with Gasteiger partial charge in [-0.25, -0.2) is 4.79 Å². The third-order valence-electron chi connectivity index (χ3n) is 4.96. The van der Waals surface area contributed by atoms with Gasteiger partial charge >= 0.3 is 5.97 Å². The Bertz CT molecular complexity index is 840. The van der Waals surface area contributed by atoms with E-state index < -0.39 is 5.97 Å². The van der Waals surface area contributed by atoms with Crippen LogP contribution in [-0.2, 0) is 10.2 Å². The van der Waals surface area contributed by atoms with E-state index in [1.807, 2.05) is 12.1 Å². The minimum absolute atomic E-state index is 0.176. The maximum Gasteiger partial charge on any atom is 0.335 e. The lowest BCUT2D eigenvalue weighted by Crippen LogP contribution is -2.26. The zero-order valence-corrected chi connectivity index (χ0v) is 21.7. The van der Waals surface area contributed by atoms with Crippen molar-refractivity contribution < 1.29 is 9.53 Å². The molecule has 0 atom stereocenters. The molecule has 0 N–H and O–H groups in total. The van der Waals surface area contributed by atoms with Gasteiger partial charge in [0.2, 0.25) is 0 Å². The van der Waals surface area contributed by atoms with E-state index in [2.05, 4.69) is 103 Å². The molecule has 0 aromatic heterocycles. The number of hydrogen-bond donors (Lipinski definition) is 0. The smallest absolute Gasteiger partial charge is 0.335 e. The zero-order valence-electron chi connectivity index (χ0n) is 15.3. The Kier molecular flexibility index (Phi) is 7.94. The summed E-state index contributed by atoms with van der Waals surface area (Å²) >= 11 is 14.5. The van der Waals surface area contributed by atoms with Crippen LogP contribution in [0.4, 0.5) is 0 Å². The molecule has 0 aliphatic rings. The first kappa shape index (κ1) is 22.9. The number of rotatable bonds is 6. The monoisotopic (exact) mass is 620 g/mol. The van der Waals surface area contributed by atoms with Gasteiger partial charge in [-0.1, -0.05) is 52.3 Å². The number of carbonyl (C=O) groups excluding carboxylic acids is 1. The number of esters is 1. The van der Waals surface area contributed by atoms with Gasteiger partial charge in [-0.05, 0) is 92.6 Å². The van der Waals surface area contributed by atoms with Crippen LogP contribution in [0.5, 0.6) is 5.75 Å². The lowest BCUT2D eigenvalue weighted by Gasteiger charge is -2.34. The fourth-order valence-corrected chi connectivity index (χ4v) is 5.77. The Hall–Kier alpha value is -0.430. The highest BCUT2D eigenvalue weighted by Gasteiger charge is 2.33. The van der Waals surface area contributed by atoms with Crippen molar-refractivity contribution in [2.75, 3.05) is 0 Å². The topological polar surface area (TPSA) is 26.3 Å². The van der Waals surface area contributed by atoms with E-state index in [4.69, 9.17) is 4.74 Å². The summed E-state index contributed by atoms with van der Waals surface area (Å²) in [5.74, 6) is -0.0381. The fraction of sp³-hybridized carbons (Fsp3) is 0.286. The van der Waals surface area contributed by atoms with Gasteiger partial charge in [-0.15, -0.1) is 0 Å². The van der Waals surface area contributed by atoms with Gasteiger partial charge in [-0.3, -0.25) is 0 Å². The summed E-state index contributed by atoms with van der Waals surface area (Å²) in [5, 5.41) is 0. The van der Waals surface area contributed by atoms with Gasteiger partial charge < -0.3 is 4.74 Å². The summed E-state index contributed by atoms with van der Waals surface area (Å²) in [7, 11) is 0. The van der Waals surface area contributed by atoms with Gasteiger partial charge in [0.15, 0.2) is 5.75 Å². The molecule has 0 bridgehead atoms. The highest BCUT2D eigenvalue weighted by molar-refractivity contribution is 9.11. The third-order valence-corrected chi connectivity index (χ3v) is 7.79. The molecular formula is C21H20Br4O2. The van der Waals surface area contributed by atoms with E-state index in [0.717, 1.165) is 42.4 Å². The van der Waals surface area contributed by atoms with Crippen LogP contribution in [0, 0.1) is 6.92 Å². The molecule has 2 aromatic carbocycles. The van der Waals surface area contributed by atoms with E-state index in [9.17, 15) is 4.79 Å². The van der Waals surface area contributed by atoms with Gasteiger partial charge in [0, 0.05) is 20.4 Å². The minimum Gasteiger partial charge on any atom is -0.421 e. The SMILES string of the molecule is C=CC(=O)Oc1c(Br)cc(C(CC)(CC)c2cc(Br)c(C)c(Br)c2)cc1Br. The molecule has 2 rings (SSSR count). The summed E-state index contributed by atoms with van der Waals surface area (Å²) in [5.41, 5.74) is 3.37. The highest BCUT2D eigenvalue weighted by Crippen LogP contribution is 2.46. The molecule has 0 spiro atoms. The van der Waals surface area contributed by atoms with Crippen molar-refractivity contribution in [1.29, 1.82) is 0 Å². The molecule has 0 aliphatic carbocycles. The molecule has 0 unspecified atom stereocenters. The van der Waals surface area contributed by atoms with Crippen LogP contribution in [0.2, 0.25) is 0 Å². The molecule has 0 fully saturated rings. The van der Waals surface area contributed by atoms with Crippen molar-refractivity contribution in [2.24, 2.45) is 0 Å². The van der Waals surface area contributed by atoms with Crippen LogP contribution in [0.1, 0.15) is 43.4 Å². The predicted molar refractivity (Wildman–Crippen MR) is 126 cm³/mol. The van der Waals surface area contributed by atoms with Gasteiger partial charge in [0.25, 0.3) is 0 Å². The highest BCUT2D eigenvalue weighted by atomic mass is 79.9. The second-order valence-corrected chi connectivity index (χ2v) is 9.67. The molecule has 0 heterocycles. The van der Waals surface area contributed by atoms with Gasteiger partial charge in [0.1, 0.15) is 0 Å².